The molecular formula is C24H16BrFN2O5S2. The number of thioether (sulfide) groups is 1. The van der Waals surface area contributed by atoms with Gasteiger partial charge >= 0.3 is 0 Å². The van der Waals surface area contributed by atoms with Gasteiger partial charge in [-0.2, -0.15) is 0 Å². The van der Waals surface area contributed by atoms with E-state index in [0.29, 0.717) is 42.0 Å². The van der Waals surface area contributed by atoms with Crippen LogP contribution < -0.4 is 14.4 Å². The molecule has 1 fully saturated rings. The summed E-state index contributed by atoms with van der Waals surface area (Å²) >= 11 is 9.98. The van der Waals surface area contributed by atoms with Gasteiger partial charge in [0.15, 0.2) is 15.8 Å². The van der Waals surface area contributed by atoms with Crippen LogP contribution in [0.1, 0.15) is 11.1 Å². The van der Waals surface area contributed by atoms with Gasteiger partial charge in [-0.3, -0.25) is 19.8 Å². The van der Waals surface area contributed by atoms with Gasteiger partial charge in [-0.25, -0.2) is 4.39 Å². The summed E-state index contributed by atoms with van der Waals surface area (Å²) in [5.74, 6) is 0.175. The van der Waals surface area contributed by atoms with Gasteiger partial charge in [-0.1, -0.05) is 36.1 Å². The van der Waals surface area contributed by atoms with E-state index in [1.54, 1.807) is 30.3 Å². The Bertz CT molecular complexity index is 1360. The zero-order valence-electron chi connectivity index (χ0n) is 18.1. The number of thiocarbonyl (C=S) groups is 1. The second kappa shape index (κ2) is 10.5. The molecule has 1 amide bonds. The summed E-state index contributed by atoms with van der Waals surface area (Å²) in [6.07, 6.45) is 1.67. The van der Waals surface area contributed by atoms with Crippen molar-refractivity contribution in [2.24, 2.45) is 0 Å². The highest BCUT2D eigenvalue weighted by atomic mass is 79.9. The third kappa shape index (κ3) is 5.53. The maximum atomic E-state index is 13.4. The van der Waals surface area contributed by atoms with Crippen LogP contribution in [0.25, 0.3) is 6.08 Å². The molecule has 0 bridgehead atoms. The molecule has 3 aromatic rings. The number of methoxy groups -OCH3 is 1. The van der Waals surface area contributed by atoms with Crippen LogP contribution in [0.2, 0.25) is 0 Å². The predicted octanol–water partition coefficient (Wildman–Crippen LogP) is 6.49. The van der Waals surface area contributed by atoms with E-state index in [4.69, 9.17) is 21.7 Å². The lowest BCUT2D eigenvalue weighted by Gasteiger charge is -2.14. The number of rotatable bonds is 7. The summed E-state index contributed by atoms with van der Waals surface area (Å²) in [7, 11) is 1.49. The summed E-state index contributed by atoms with van der Waals surface area (Å²) in [5, 5.41) is 10.9. The Morgan fingerprint density at radius 1 is 1.20 bits per heavy atom. The number of nitrogens with zero attached hydrogens (tertiary/aromatic N) is 2. The first-order valence-electron chi connectivity index (χ1n) is 10.0. The first-order valence-corrected chi connectivity index (χ1v) is 12.1. The summed E-state index contributed by atoms with van der Waals surface area (Å²) in [5.41, 5.74) is 1.70. The van der Waals surface area contributed by atoms with Crippen LogP contribution in [-0.4, -0.2) is 22.3 Å². The highest BCUT2D eigenvalue weighted by molar-refractivity contribution is 9.10. The fourth-order valence-corrected chi connectivity index (χ4v) is 5.18. The van der Waals surface area contributed by atoms with Crippen LogP contribution in [0.5, 0.6) is 11.5 Å². The van der Waals surface area contributed by atoms with E-state index < -0.39 is 4.92 Å². The van der Waals surface area contributed by atoms with Crippen molar-refractivity contribution in [1.82, 2.24) is 0 Å². The lowest BCUT2D eigenvalue weighted by molar-refractivity contribution is -0.384. The van der Waals surface area contributed by atoms with Gasteiger partial charge in [0, 0.05) is 12.1 Å². The fraction of sp³-hybridized carbons (Fsp3) is 0.0833. The highest BCUT2D eigenvalue weighted by Gasteiger charge is 2.33. The second-order valence-corrected chi connectivity index (χ2v) is 9.77. The molecular weight excluding hydrogens is 559 g/mol. The molecule has 4 rings (SSSR count). The summed E-state index contributed by atoms with van der Waals surface area (Å²) in [6.45, 7) is 0.139. The lowest BCUT2D eigenvalue weighted by Crippen LogP contribution is -2.27. The van der Waals surface area contributed by atoms with Gasteiger partial charge in [0.1, 0.15) is 12.4 Å². The molecule has 0 radical (unpaired) electrons. The maximum Gasteiger partial charge on any atom is 0.270 e. The van der Waals surface area contributed by atoms with Crippen molar-refractivity contribution in [3.05, 3.63) is 97.1 Å². The number of benzene rings is 3. The molecule has 35 heavy (non-hydrogen) atoms. The number of nitro groups is 1. The number of non-ortho nitro benzene ring substituents is 1. The minimum Gasteiger partial charge on any atom is -0.493 e. The van der Waals surface area contributed by atoms with Gasteiger partial charge in [0.25, 0.3) is 11.6 Å². The van der Waals surface area contributed by atoms with Gasteiger partial charge in [-0.05, 0) is 69.5 Å². The van der Waals surface area contributed by atoms with Crippen LogP contribution in [0.15, 0.2) is 70.0 Å². The topological polar surface area (TPSA) is 81.9 Å². The van der Waals surface area contributed by atoms with Crippen molar-refractivity contribution in [2.75, 3.05) is 12.0 Å². The molecule has 3 aromatic carbocycles. The van der Waals surface area contributed by atoms with Crippen molar-refractivity contribution in [3.8, 4) is 11.5 Å². The van der Waals surface area contributed by atoms with E-state index in [9.17, 15) is 19.3 Å². The van der Waals surface area contributed by atoms with Gasteiger partial charge < -0.3 is 9.47 Å². The van der Waals surface area contributed by atoms with Crippen LogP contribution in [0.3, 0.4) is 0 Å². The van der Waals surface area contributed by atoms with Crippen LogP contribution in [0.4, 0.5) is 15.8 Å². The average molecular weight is 575 g/mol. The largest absolute Gasteiger partial charge is 0.493 e. The molecule has 178 valence electrons. The third-order valence-electron chi connectivity index (χ3n) is 4.93. The van der Waals surface area contributed by atoms with Crippen molar-refractivity contribution >= 4 is 67.6 Å². The Hall–Kier alpha value is -3.28. The van der Waals surface area contributed by atoms with E-state index in [1.807, 2.05) is 0 Å². The minimum atomic E-state index is -0.509. The molecule has 1 aliphatic heterocycles. The molecule has 11 heteroatoms. The minimum absolute atomic E-state index is 0.0774. The van der Waals surface area contributed by atoms with Crippen LogP contribution >= 0.6 is 39.9 Å². The summed E-state index contributed by atoms with van der Waals surface area (Å²) in [6, 6.07) is 15.2. The number of carbonyl (C=O) groups excluding carboxylic acids is 1. The quantitative estimate of drug-likeness (QED) is 0.138. The van der Waals surface area contributed by atoms with E-state index in [-0.39, 0.29) is 24.0 Å². The Kier molecular flexibility index (Phi) is 7.48. The number of amides is 1. The number of anilines is 1. The standard InChI is InChI=1S/C24H16BrFN2O5S2/c1-32-20-11-15(10-19(25)22(20)33-13-14-3-2-4-16(26)9-14)12-21-23(29)27(24(34)35-21)17-5-7-18(8-6-17)28(30)31/h2-12H,13H2,1H3/b21-12-. The Morgan fingerprint density at radius 3 is 2.60 bits per heavy atom. The molecule has 1 heterocycles. The molecule has 1 aliphatic rings. The first kappa shape index (κ1) is 24.8. The van der Waals surface area contributed by atoms with E-state index in [1.165, 1.54) is 48.4 Å². The molecule has 0 unspecified atom stereocenters. The van der Waals surface area contributed by atoms with Crippen molar-refractivity contribution in [1.29, 1.82) is 0 Å². The predicted molar refractivity (Wildman–Crippen MR) is 140 cm³/mol. The van der Waals surface area contributed by atoms with Crippen molar-refractivity contribution in [2.45, 2.75) is 6.61 Å². The van der Waals surface area contributed by atoms with Gasteiger partial charge in [-0.15, -0.1) is 0 Å². The zero-order valence-corrected chi connectivity index (χ0v) is 21.3. The van der Waals surface area contributed by atoms with E-state index >= 15 is 0 Å². The number of carbonyl (C=O) groups is 1. The first-order chi connectivity index (χ1) is 16.8. The molecule has 0 atom stereocenters. The molecule has 7 nitrogen and oxygen atoms in total. The zero-order chi connectivity index (χ0) is 25.1. The molecule has 0 N–H and O–H groups in total. The number of nitro benzene ring substituents is 1. The number of hydrogen-bond donors (Lipinski definition) is 0. The summed E-state index contributed by atoms with van der Waals surface area (Å²) < 4.78 is 25.7. The smallest absolute Gasteiger partial charge is 0.270 e. The Balaban J connectivity index is 1.57. The molecule has 0 aromatic heterocycles. The van der Waals surface area contributed by atoms with Crippen molar-refractivity contribution < 1.29 is 23.6 Å². The number of ether oxygens (including phenoxy) is 2. The third-order valence-corrected chi connectivity index (χ3v) is 6.83. The number of halogens is 2. The molecule has 0 saturated carbocycles. The SMILES string of the molecule is COc1cc(/C=C2\SC(=S)N(c3ccc([N+](=O)[O-])cc3)C2=O)cc(Br)c1OCc1cccc(F)c1. The van der Waals surface area contributed by atoms with Gasteiger partial charge in [0.2, 0.25) is 0 Å². The molecule has 0 aliphatic carbocycles. The lowest BCUT2D eigenvalue weighted by atomic mass is 10.1. The van der Waals surface area contributed by atoms with Crippen molar-refractivity contribution in [3.63, 3.8) is 0 Å². The van der Waals surface area contributed by atoms with E-state index in [0.717, 1.165) is 11.8 Å². The average Bonchev–Trinajstić information content (AvgIpc) is 3.10. The summed E-state index contributed by atoms with van der Waals surface area (Å²) in [4.78, 5) is 25.2. The molecule has 1 saturated heterocycles. The van der Waals surface area contributed by atoms with E-state index in [2.05, 4.69) is 15.9 Å². The maximum absolute atomic E-state index is 13.4. The number of hydrogen-bond acceptors (Lipinski definition) is 7. The van der Waals surface area contributed by atoms with Gasteiger partial charge in [0.05, 0.1) is 27.1 Å². The Labute approximate surface area is 217 Å². The Morgan fingerprint density at radius 2 is 1.94 bits per heavy atom. The normalized spacial score (nSPS) is 14.5. The second-order valence-electron chi connectivity index (χ2n) is 7.24. The van der Waals surface area contributed by atoms with Crippen LogP contribution in [-0.2, 0) is 11.4 Å². The molecule has 0 spiro atoms. The monoisotopic (exact) mass is 574 g/mol. The highest BCUT2D eigenvalue weighted by Crippen LogP contribution is 2.40. The fourth-order valence-electron chi connectivity index (χ4n) is 3.31. The van der Waals surface area contributed by atoms with Crippen LogP contribution in [0, 0.1) is 15.9 Å².